The predicted octanol–water partition coefficient (Wildman–Crippen LogP) is 2.55. The third-order valence-electron chi connectivity index (χ3n) is 3.29. The Morgan fingerprint density at radius 1 is 1.44 bits per heavy atom. The van der Waals surface area contributed by atoms with Crippen LogP contribution < -0.4 is 5.73 Å². The maximum atomic E-state index is 12.7. The molecule has 98 valence electrons. The van der Waals surface area contributed by atoms with Crippen LogP contribution >= 0.6 is 0 Å². The molecule has 0 spiro atoms. The summed E-state index contributed by atoms with van der Waals surface area (Å²) in [5.41, 5.74) is 3.92. The molecule has 0 amide bonds. The van der Waals surface area contributed by atoms with Crippen molar-refractivity contribution in [1.82, 2.24) is 4.98 Å². The first-order valence-electron chi connectivity index (χ1n) is 5.65. The number of carbonyl (C=O) groups excluding carboxylic acids is 1. The van der Waals surface area contributed by atoms with Crippen molar-refractivity contribution in [2.24, 2.45) is 5.73 Å². The number of rotatable bonds is 3. The molecule has 2 N–H and O–H groups in total. The van der Waals surface area contributed by atoms with Gasteiger partial charge in [-0.25, -0.2) is 0 Å². The molecule has 1 heterocycles. The summed E-state index contributed by atoms with van der Waals surface area (Å²) < 4.78 is 38.2. The Bertz CT molecular complexity index is 467. The highest BCUT2D eigenvalue weighted by Crippen LogP contribution is 2.36. The van der Waals surface area contributed by atoms with Gasteiger partial charge in [-0.15, -0.1) is 0 Å². The summed E-state index contributed by atoms with van der Waals surface area (Å²) in [6, 6.07) is 0.817. The van der Waals surface area contributed by atoms with Gasteiger partial charge in [0.25, 0.3) is 0 Å². The molecule has 1 saturated carbocycles. The van der Waals surface area contributed by atoms with E-state index in [0.717, 1.165) is 24.9 Å². The van der Waals surface area contributed by atoms with Crippen LogP contribution in [0, 0.1) is 0 Å². The second-order valence-corrected chi connectivity index (χ2v) is 4.73. The van der Waals surface area contributed by atoms with Crippen LogP contribution in [0.3, 0.4) is 0 Å². The Labute approximate surface area is 102 Å². The maximum absolute atomic E-state index is 12.7. The van der Waals surface area contributed by atoms with Crippen molar-refractivity contribution in [2.75, 3.05) is 0 Å². The molecule has 0 saturated heterocycles. The minimum Gasteiger partial charge on any atom is -0.325 e. The highest BCUT2D eigenvalue weighted by Gasteiger charge is 2.39. The number of carbonyl (C=O) groups is 1. The molecule has 1 aliphatic carbocycles. The number of halogens is 3. The number of hydrogen-bond donors (Lipinski definition) is 1. The molecular formula is C12H13F3N2O. The summed E-state index contributed by atoms with van der Waals surface area (Å²) in [6.07, 6.45) is -0.324. The van der Waals surface area contributed by atoms with Crippen LogP contribution in [0.5, 0.6) is 0 Å². The molecule has 1 aromatic heterocycles. The lowest BCUT2D eigenvalue weighted by atomic mass is 9.73. The number of Topliss-reactive ketones (excluding diaryl/α,β-unsaturated/α-hetero) is 1. The first-order valence-corrected chi connectivity index (χ1v) is 5.65. The fraction of sp³-hybridized carbons (Fsp3) is 0.500. The van der Waals surface area contributed by atoms with Crippen LogP contribution in [0.2, 0.25) is 0 Å². The van der Waals surface area contributed by atoms with E-state index in [-0.39, 0.29) is 12.0 Å². The van der Waals surface area contributed by atoms with Gasteiger partial charge in [-0.05, 0) is 25.3 Å². The highest BCUT2D eigenvalue weighted by atomic mass is 19.4. The van der Waals surface area contributed by atoms with Gasteiger partial charge in [-0.1, -0.05) is 0 Å². The Morgan fingerprint density at radius 2 is 2.11 bits per heavy atom. The van der Waals surface area contributed by atoms with Crippen LogP contribution in [-0.4, -0.2) is 16.3 Å². The molecule has 0 aliphatic heterocycles. The minimum atomic E-state index is -4.55. The average molecular weight is 258 g/mol. The standard InChI is InChI=1S/C12H13F3N2O/c13-12(14,15)9-2-5-17-7-8(9)10(18)6-11(16)3-1-4-11/h2,5,7H,1,3-4,6,16H2. The number of hydrogen-bond acceptors (Lipinski definition) is 3. The van der Waals surface area contributed by atoms with E-state index >= 15 is 0 Å². The Morgan fingerprint density at radius 3 is 2.61 bits per heavy atom. The second-order valence-electron chi connectivity index (χ2n) is 4.73. The SMILES string of the molecule is NC1(CC(=O)c2cnccc2C(F)(F)F)CCC1. The van der Waals surface area contributed by atoms with E-state index in [4.69, 9.17) is 5.73 Å². The third kappa shape index (κ3) is 2.53. The van der Waals surface area contributed by atoms with Gasteiger partial charge in [0.15, 0.2) is 5.78 Å². The topological polar surface area (TPSA) is 56.0 Å². The fourth-order valence-corrected chi connectivity index (χ4v) is 2.09. The molecule has 1 aliphatic rings. The van der Waals surface area contributed by atoms with Crippen LogP contribution in [0.1, 0.15) is 41.6 Å². The lowest BCUT2D eigenvalue weighted by molar-refractivity contribution is -0.138. The number of nitrogens with zero attached hydrogens (tertiary/aromatic N) is 1. The van der Waals surface area contributed by atoms with Crippen LogP contribution in [0.25, 0.3) is 0 Å². The molecule has 0 atom stereocenters. The first kappa shape index (κ1) is 13.0. The average Bonchev–Trinajstić information content (AvgIpc) is 2.26. The molecule has 1 fully saturated rings. The lowest BCUT2D eigenvalue weighted by Gasteiger charge is -2.37. The quantitative estimate of drug-likeness (QED) is 0.848. The normalized spacial score (nSPS) is 18.2. The summed E-state index contributed by atoms with van der Waals surface area (Å²) in [5, 5.41) is 0. The zero-order valence-corrected chi connectivity index (χ0v) is 9.63. The van der Waals surface area contributed by atoms with E-state index in [1.807, 2.05) is 0 Å². The van der Waals surface area contributed by atoms with E-state index in [2.05, 4.69) is 4.98 Å². The number of aromatic nitrogens is 1. The van der Waals surface area contributed by atoms with Gasteiger partial charge in [0, 0.05) is 29.9 Å². The zero-order valence-electron chi connectivity index (χ0n) is 9.63. The van der Waals surface area contributed by atoms with E-state index < -0.39 is 23.1 Å². The van der Waals surface area contributed by atoms with Crippen LogP contribution in [-0.2, 0) is 6.18 Å². The van der Waals surface area contributed by atoms with Gasteiger partial charge in [-0.3, -0.25) is 9.78 Å². The van der Waals surface area contributed by atoms with Gasteiger partial charge in [-0.2, -0.15) is 13.2 Å². The molecule has 6 heteroatoms. The van der Waals surface area contributed by atoms with Gasteiger partial charge < -0.3 is 5.73 Å². The number of pyridine rings is 1. The first-order chi connectivity index (χ1) is 8.32. The number of nitrogens with two attached hydrogens (primary N) is 1. The Balaban J connectivity index is 2.25. The van der Waals surface area contributed by atoms with Gasteiger partial charge in [0.2, 0.25) is 0 Å². The van der Waals surface area contributed by atoms with E-state index in [1.54, 1.807) is 0 Å². The summed E-state index contributed by atoms with van der Waals surface area (Å²) in [6.45, 7) is 0. The Hall–Kier alpha value is -1.43. The van der Waals surface area contributed by atoms with Gasteiger partial charge in [0.05, 0.1) is 5.56 Å². The van der Waals surface area contributed by atoms with Crippen molar-refractivity contribution in [1.29, 1.82) is 0 Å². The van der Waals surface area contributed by atoms with Crippen LogP contribution in [0.15, 0.2) is 18.5 Å². The molecule has 0 radical (unpaired) electrons. The second kappa shape index (κ2) is 4.35. The van der Waals surface area contributed by atoms with Gasteiger partial charge in [0.1, 0.15) is 0 Å². The smallest absolute Gasteiger partial charge is 0.325 e. The number of ketones is 1. The summed E-state index contributed by atoms with van der Waals surface area (Å²) in [4.78, 5) is 15.5. The fourth-order valence-electron chi connectivity index (χ4n) is 2.09. The molecule has 1 aromatic rings. The van der Waals surface area contributed by atoms with Crippen molar-refractivity contribution in [3.63, 3.8) is 0 Å². The molecule has 18 heavy (non-hydrogen) atoms. The van der Waals surface area contributed by atoms with Crippen molar-refractivity contribution in [3.05, 3.63) is 29.6 Å². The van der Waals surface area contributed by atoms with Gasteiger partial charge >= 0.3 is 6.18 Å². The lowest BCUT2D eigenvalue weighted by Crippen LogP contribution is -2.48. The third-order valence-corrected chi connectivity index (χ3v) is 3.29. The highest BCUT2D eigenvalue weighted by molar-refractivity contribution is 5.98. The monoisotopic (exact) mass is 258 g/mol. The summed E-state index contributed by atoms with van der Waals surface area (Å²) in [7, 11) is 0. The minimum absolute atomic E-state index is 0.0538. The molecular weight excluding hydrogens is 245 g/mol. The Kier molecular flexibility index (Phi) is 3.14. The molecule has 0 bridgehead atoms. The summed E-state index contributed by atoms with van der Waals surface area (Å²) in [5.74, 6) is -0.586. The maximum Gasteiger partial charge on any atom is 0.417 e. The molecule has 0 aromatic carbocycles. The van der Waals surface area contributed by atoms with Crippen LogP contribution in [0.4, 0.5) is 13.2 Å². The van der Waals surface area contributed by atoms with Crippen molar-refractivity contribution < 1.29 is 18.0 Å². The molecule has 2 rings (SSSR count). The number of alkyl halides is 3. The van der Waals surface area contributed by atoms with Crippen molar-refractivity contribution in [3.8, 4) is 0 Å². The van der Waals surface area contributed by atoms with Crippen molar-refractivity contribution >= 4 is 5.78 Å². The zero-order chi connectivity index (χ0) is 13.4. The predicted molar refractivity (Wildman–Crippen MR) is 59.0 cm³/mol. The van der Waals surface area contributed by atoms with Crippen molar-refractivity contribution in [2.45, 2.75) is 37.4 Å². The largest absolute Gasteiger partial charge is 0.417 e. The van der Waals surface area contributed by atoms with E-state index in [1.165, 1.54) is 0 Å². The summed E-state index contributed by atoms with van der Waals surface area (Å²) >= 11 is 0. The van der Waals surface area contributed by atoms with E-state index in [9.17, 15) is 18.0 Å². The molecule has 3 nitrogen and oxygen atoms in total. The molecule has 0 unspecified atom stereocenters. The van der Waals surface area contributed by atoms with E-state index in [0.29, 0.717) is 12.8 Å².